The number of hydrogen-bond acceptors (Lipinski definition) is 5. The van der Waals surface area contributed by atoms with Crippen molar-refractivity contribution in [2.75, 3.05) is 7.11 Å². The fourth-order valence-corrected chi connectivity index (χ4v) is 2.57. The average molecular weight is 262 g/mol. The zero-order chi connectivity index (χ0) is 13.5. The summed E-state index contributed by atoms with van der Waals surface area (Å²) < 4.78 is 15.4. The molecule has 1 aliphatic rings. The topological polar surface area (TPSA) is 72.8 Å². The lowest BCUT2D eigenvalue weighted by molar-refractivity contribution is 0.0327. The molecule has 0 bridgehead atoms. The first-order valence-corrected chi connectivity index (χ1v) is 6.13. The Morgan fingerprint density at radius 1 is 1.42 bits per heavy atom. The third kappa shape index (κ3) is 1.77. The molecule has 2 aromatic rings. The SMILES string of the molecule is COC(=O)c1ccc(C2(O)CCCc3occc32)o1. The maximum atomic E-state index is 11.4. The van der Waals surface area contributed by atoms with Crippen LogP contribution in [0.15, 0.2) is 33.3 Å². The van der Waals surface area contributed by atoms with Crippen molar-refractivity contribution in [2.24, 2.45) is 0 Å². The Balaban J connectivity index is 2.03. The van der Waals surface area contributed by atoms with E-state index in [1.165, 1.54) is 13.2 Å². The van der Waals surface area contributed by atoms with E-state index >= 15 is 0 Å². The number of aryl methyl sites for hydroxylation is 1. The van der Waals surface area contributed by atoms with Crippen molar-refractivity contribution in [2.45, 2.75) is 24.9 Å². The van der Waals surface area contributed by atoms with E-state index in [2.05, 4.69) is 4.74 Å². The van der Waals surface area contributed by atoms with E-state index in [1.54, 1.807) is 18.4 Å². The minimum atomic E-state index is -1.23. The molecule has 1 aliphatic carbocycles. The molecule has 2 heterocycles. The highest BCUT2D eigenvalue weighted by Gasteiger charge is 2.40. The first-order valence-electron chi connectivity index (χ1n) is 6.13. The lowest BCUT2D eigenvalue weighted by Crippen LogP contribution is -2.30. The number of furan rings is 2. The van der Waals surface area contributed by atoms with Gasteiger partial charge in [-0.15, -0.1) is 0 Å². The van der Waals surface area contributed by atoms with Gasteiger partial charge in [0.2, 0.25) is 5.76 Å². The number of rotatable bonds is 2. The number of ether oxygens (including phenoxy) is 1. The summed E-state index contributed by atoms with van der Waals surface area (Å²) in [6.45, 7) is 0. The molecule has 1 atom stereocenters. The van der Waals surface area contributed by atoms with Gasteiger partial charge in [0.25, 0.3) is 0 Å². The second-order valence-corrected chi connectivity index (χ2v) is 4.63. The lowest BCUT2D eigenvalue weighted by Gasteiger charge is -2.29. The second-order valence-electron chi connectivity index (χ2n) is 4.63. The molecule has 0 amide bonds. The van der Waals surface area contributed by atoms with Gasteiger partial charge in [-0.05, 0) is 31.0 Å². The van der Waals surface area contributed by atoms with Gasteiger partial charge in [0.05, 0.1) is 13.4 Å². The second kappa shape index (κ2) is 4.28. The van der Waals surface area contributed by atoms with Gasteiger partial charge < -0.3 is 18.7 Å². The molecule has 0 fully saturated rings. The van der Waals surface area contributed by atoms with Crippen LogP contribution in [0.2, 0.25) is 0 Å². The molecule has 0 spiro atoms. The Labute approximate surface area is 109 Å². The van der Waals surface area contributed by atoms with E-state index in [-0.39, 0.29) is 5.76 Å². The largest absolute Gasteiger partial charge is 0.469 e. The minimum Gasteiger partial charge on any atom is -0.469 e. The summed E-state index contributed by atoms with van der Waals surface area (Å²) in [5, 5.41) is 10.8. The number of methoxy groups -OCH3 is 1. The standard InChI is InChI=1S/C14H14O5/c1-17-13(15)11-4-5-12(19-11)14(16)7-2-3-10-9(14)6-8-18-10/h4-6,8,16H,2-3,7H2,1H3. The average Bonchev–Trinajstić information content (AvgIpc) is 3.07. The fourth-order valence-electron chi connectivity index (χ4n) is 2.57. The number of carbonyl (C=O) groups is 1. The quantitative estimate of drug-likeness (QED) is 0.840. The van der Waals surface area contributed by atoms with E-state index < -0.39 is 11.6 Å². The van der Waals surface area contributed by atoms with Gasteiger partial charge in [0.1, 0.15) is 11.5 Å². The highest BCUT2D eigenvalue weighted by molar-refractivity contribution is 5.86. The zero-order valence-corrected chi connectivity index (χ0v) is 10.5. The molecule has 5 nitrogen and oxygen atoms in total. The van der Waals surface area contributed by atoms with E-state index in [9.17, 15) is 9.90 Å². The smallest absolute Gasteiger partial charge is 0.373 e. The van der Waals surface area contributed by atoms with Crippen LogP contribution in [0.5, 0.6) is 0 Å². The van der Waals surface area contributed by atoms with Crippen LogP contribution in [0.1, 0.15) is 40.5 Å². The number of esters is 1. The van der Waals surface area contributed by atoms with Gasteiger partial charge in [-0.25, -0.2) is 4.79 Å². The molecule has 2 aromatic heterocycles. The molecule has 0 saturated carbocycles. The van der Waals surface area contributed by atoms with Crippen molar-refractivity contribution in [1.82, 2.24) is 0 Å². The van der Waals surface area contributed by atoms with Gasteiger partial charge in [-0.3, -0.25) is 0 Å². The number of fused-ring (bicyclic) bond motifs is 1. The summed E-state index contributed by atoms with van der Waals surface area (Å²) >= 11 is 0. The molecule has 1 unspecified atom stereocenters. The summed E-state index contributed by atoms with van der Waals surface area (Å²) in [6, 6.07) is 4.86. The molecule has 3 rings (SSSR count). The van der Waals surface area contributed by atoms with E-state index in [1.807, 2.05) is 0 Å². The molecule has 1 N–H and O–H groups in total. The summed E-state index contributed by atoms with van der Waals surface area (Å²) in [5.41, 5.74) is -0.517. The van der Waals surface area contributed by atoms with Crippen LogP contribution in [-0.4, -0.2) is 18.2 Å². The molecular weight excluding hydrogens is 248 g/mol. The Kier molecular flexibility index (Phi) is 2.71. The van der Waals surface area contributed by atoms with Crippen LogP contribution in [0.25, 0.3) is 0 Å². The molecule has 19 heavy (non-hydrogen) atoms. The van der Waals surface area contributed by atoms with E-state index in [4.69, 9.17) is 8.83 Å². The van der Waals surface area contributed by atoms with E-state index in [0.29, 0.717) is 17.7 Å². The van der Waals surface area contributed by atoms with Crippen LogP contribution < -0.4 is 0 Å². The van der Waals surface area contributed by atoms with Crippen molar-refractivity contribution >= 4 is 5.97 Å². The minimum absolute atomic E-state index is 0.0848. The van der Waals surface area contributed by atoms with Gasteiger partial charge in [0, 0.05) is 12.0 Å². The Morgan fingerprint density at radius 3 is 3.05 bits per heavy atom. The van der Waals surface area contributed by atoms with Crippen molar-refractivity contribution in [1.29, 1.82) is 0 Å². The lowest BCUT2D eigenvalue weighted by atomic mass is 9.81. The van der Waals surface area contributed by atoms with Crippen molar-refractivity contribution in [3.8, 4) is 0 Å². The summed E-state index contributed by atoms with van der Waals surface area (Å²) in [6.07, 6.45) is 3.69. The zero-order valence-electron chi connectivity index (χ0n) is 10.5. The van der Waals surface area contributed by atoms with Crippen LogP contribution >= 0.6 is 0 Å². The van der Waals surface area contributed by atoms with Crippen LogP contribution in [-0.2, 0) is 16.8 Å². The normalized spacial score (nSPS) is 22.0. The van der Waals surface area contributed by atoms with Crippen molar-refractivity contribution in [3.63, 3.8) is 0 Å². The summed E-state index contributed by atoms with van der Waals surface area (Å²) in [7, 11) is 1.29. The maximum Gasteiger partial charge on any atom is 0.373 e. The monoisotopic (exact) mass is 262 g/mol. The van der Waals surface area contributed by atoms with Crippen molar-refractivity contribution in [3.05, 3.63) is 47.3 Å². The molecular formula is C14H14O5. The van der Waals surface area contributed by atoms with Gasteiger partial charge in [-0.1, -0.05) is 0 Å². The Hall–Kier alpha value is -2.01. The van der Waals surface area contributed by atoms with Gasteiger partial charge >= 0.3 is 5.97 Å². The summed E-state index contributed by atoms with van der Waals surface area (Å²) in [5.74, 6) is 0.639. The van der Waals surface area contributed by atoms with Crippen LogP contribution in [0, 0.1) is 0 Å². The highest BCUT2D eigenvalue weighted by atomic mass is 16.5. The van der Waals surface area contributed by atoms with Crippen LogP contribution in [0.3, 0.4) is 0 Å². The van der Waals surface area contributed by atoms with Gasteiger partial charge in [-0.2, -0.15) is 0 Å². The first kappa shape index (κ1) is 12.0. The predicted molar refractivity (Wildman–Crippen MR) is 64.7 cm³/mol. The molecule has 0 radical (unpaired) electrons. The predicted octanol–water partition coefficient (Wildman–Crippen LogP) is 2.23. The molecule has 0 aliphatic heterocycles. The molecule has 5 heteroatoms. The maximum absolute atomic E-state index is 11.4. The van der Waals surface area contributed by atoms with Gasteiger partial charge in [0.15, 0.2) is 5.60 Å². The Bertz CT molecular complexity index is 609. The fraction of sp³-hybridized carbons (Fsp3) is 0.357. The third-order valence-corrected chi connectivity index (χ3v) is 3.53. The van der Waals surface area contributed by atoms with E-state index in [0.717, 1.165) is 18.6 Å². The molecule has 100 valence electrons. The van der Waals surface area contributed by atoms with Crippen LogP contribution in [0.4, 0.5) is 0 Å². The summed E-state index contributed by atoms with van der Waals surface area (Å²) in [4.78, 5) is 11.4. The number of carbonyl (C=O) groups excluding carboxylic acids is 1. The highest BCUT2D eigenvalue weighted by Crippen LogP contribution is 2.41. The number of aliphatic hydroxyl groups is 1. The van der Waals surface area contributed by atoms with Crippen molar-refractivity contribution < 1.29 is 23.5 Å². The third-order valence-electron chi connectivity index (χ3n) is 3.53. The first-order chi connectivity index (χ1) is 9.15. The number of hydrogen-bond donors (Lipinski definition) is 1. The molecule has 0 aromatic carbocycles. The molecule has 0 saturated heterocycles. The Morgan fingerprint density at radius 2 is 2.26 bits per heavy atom.